The molecule has 1 atom stereocenters. The summed E-state index contributed by atoms with van der Waals surface area (Å²) in [5.74, 6) is -1.52. The van der Waals surface area contributed by atoms with E-state index in [0.717, 1.165) is 5.56 Å². The van der Waals surface area contributed by atoms with Crippen molar-refractivity contribution in [1.82, 2.24) is 5.32 Å². The third kappa shape index (κ3) is 6.92. The fraction of sp³-hybridized carbons (Fsp3) is 0.438. The minimum Gasteiger partial charge on any atom is -0.508 e. The Bertz CT molecular complexity index is 552. The molecule has 0 aliphatic heterocycles. The summed E-state index contributed by atoms with van der Waals surface area (Å²) < 4.78 is 4.94. The first-order chi connectivity index (χ1) is 10.7. The van der Waals surface area contributed by atoms with Crippen LogP contribution in [0.5, 0.6) is 5.75 Å². The molecule has 1 aromatic rings. The lowest BCUT2D eigenvalue weighted by Crippen LogP contribution is -2.40. The first-order valence-corrected chi connectivity index (χ1v) is 7.16. The highest BCUT2D eigenvalue weighted by Crippen LogP contribution is 2.11. The molecule has 0 aliphatic rings. The maximum absolute atomic E-state index is 11.6. The molecule has 0 saturated carbocycles. The minimum atomic E-state index is -1.19. The lowest BCUT2D eigenvalue weighted by molar-refractivity contribution is -0.159. The number of benzene rings is 1. The van der Waals surface area contributed by atoms with Crippen LogP contribution in [0.3, 0.4) is 0 Å². The van der Waals surface area contributed by atoms with Crippen LogP contribution in [0.15, 0.2) is 24.3 Å². The molecule has 3 N–H and O–H groups in total. The Morgan fingerprint density at radius 2 is 1.91 bits per heavy atom. The van der Waals surface area contributed by atoms with Crippen molar-refractivity contribution in [3.05, 3.63) is 29.8 Å². The van der Waals surface area contributed by atoms with Crippen LogP contribution in [0.1, 0.15) is 25.8 Å². The molecule has 0 saturated heterocycles. The Hall–Kier alpha value is -2.41. The Morgan fingerprint density at radius 3 is 2.43 bits per heavy atom. The van der Waals surface area contributed by atoms with Gasteiger partial charge in [0.2, 0.25) is 0 Å². The van der Waals surface area contributed by atoms with Crippen molar-refractivity contribution in [3.8, 4) is 5.75 Å². The molecular formula is C16H21NO6. The number of phenols is 1. The Labute approximate surface area is 134 Å². The topological polar surface area (TPSA) is 113 Å². The van der Waals surface area contributed by atoms with Gasteiger partial charge in [0, 0.05) is 6.54 Å². The van der Waals surface area contributed by atoms with Gasteiger partial charge in [-0.25, -0.2) is 0 Å². The van der Waals surface area contributed by atoms with Gasteiger partial charge in [-0.3, -0.25) is 14.4 Å². The maximum atomic E-state index is 11.6. The summed E-state index contributed by atoms with van der Waals surface area (Å²) in [6.07, 6.45) is 0.699. The first kappa shape index (κ1) is 18.6. The zero-order valence-electron chi connectivity index (χ0n) is 13.1. The molecule has 23 heavy (non-hydrogen) atoms. The molecule has 0 spiro atoms. The molecule has 0 aromatic heterocycles. The predicted octanol–water partition coefficient (Wildman–Crippen LogP) is 0.888. The molecule has 0 bridgehead atoms. The summed E-state index contributed by atoms with van der Waals surface area (Å²) >= 11 is 0. The second-order valence-corrected chi connectivity index (χ2v) is 5.66. The zero-order chi connectivity index (χ0) is 17.5. The van der Waals surface area contributed by atoms with E-state index in [1.807, 2.05) is 0 Å². The number of hydrogen-bond donors (Lipinski definition) is 3. The summed E-state index contributed by atoms with van der Waals surface area (Å²) in [6, 6.07) is 5.36. The summed E-state index contributed by atoms with van der Waals surface area (Å²) in [5.41, 5.74) is -0.442. The zero-order valence-corrected chi connectivity index (χ0v) is 13.1. The number of carbonyl (C=O) groups excluding carboxylic acids is 2. The number of hydrogen-bond acceptors (Lipinski definition) is 6. The van der Waals surface area contributed by atoms with Crippen molar-refractivity contribution in [3.63, 3.8) is 0 Å². The molecule has 0 fully saturated rings. The van der Waals surface area contributed by atoms with E-state index in [1.165, 1.54) is 26.0 Å². The van der Waals surface area contributed by atoms with E-state index >= 15 is 0 Å². The average molecular weight is 323 g/mol. The van der Waals surface area contributed by atoms with E-state index in [-0.39, 0.29) is 25.1 Å². The number of esters is 1. The van der Waals surface area contributed by atoms with Crippen LogP contribution < -0.4 is 5.32 Å². The van der Waals surface area contributed by atoms with Gasteiger partial charge in [-0.1, -0.05) is 12.1 Å². The van der Waals surface area contributed by atoms with Gasteiger partial charge in [-0.2, -0.15) is 0 Å². The van der Waals surface area contributed by atoms with Crippen molar-refractivity contribution in [2.45, 2.75) is 38.3 Å². The van der Waals surface area contributed by atoms with Gasteiger partial charge in [-0.15, -0.1) is 0 Å². The van der Waals surface area contributed by atoms with E-state index in [4.69, 9.17) is 4.74 Å². The monoisotopic (exact) mass is 323 g/mol. The molecule has 126 valence electrons. The van der Waals surface area contributed by atoms with Gasteiger partial charge in [0.25, 0.3) is 0 Å². The standard InChI is InChI=1S/C16H21NO6/c1-16(2,10-18)23-14(20)7-8-17-13(15(21)22)9-11-3-5-12(19)6-4-11/h3-6,10,13,17,19H,7-9H2,1-2H3,(H,21,22)/t13-/m1/s1. The van der Waals surface area contributed by atoms with Crippen LogP contribution in [0.4, 0.5) is 0 Å². The number of carboxylic acids is 1. The molecule has 1 rings (SSSR count). The Kier molecular flexibility index (Phi) is 6.71. The van der Waals surface area contributed by atoms with E-state index in [0.29, 0.717) is 6.29 Å². The molecule has 0 amide bonds. The van der Waals surface area contributed by atoms with Gasteiger partial charge in [-0.05, 0) is 38.0 Å². The van der Waals surface area contributed by atoms with E-state index in [2.05, 4.69) is 5.32 Å². The van der Waals surface area contributed by atoms with Crippen molar-refractivity contribution in [1.29, 1.82) is 0 Å². The fourth-order valence-electron chi connectivity index (χ4n) is 1.83. The van der Waals surface area contributed by atoms with Crippen LogP contribution >= 0.6 is 0 Å². The van der Waals surface area contributed by atoms with E-state index < -0.39 is 23.6 Å². The molecule has 0 aliphatic carbocycles. The van der Waals surface area contributed by atoms with Gasteiger partial charge in [0.05, 0.1) is 6.42 Å². The highest BCUT2D eigenvalue weighted by Gasteiger charge is 2.22. The van der Waals surface area contributed by atoms with Crippen LogP contribution in [0.2, 0.25) is 0 Å². The Balaban J connectivity index is 2.48. The number of ether oxygens (including phenoxy) is 1. The number of aldehydes is 1. The lowest BCUT2D eigenvalue weighted by atomic mass is 10.1. The van der Waals surface area contributed by atoms with Crippen molar-refractivity contribution in [2.24, 2.45) is 0 Å². The molecule has 0 heterocycles. The minimum absolute atomic E-state index is 0.0450. The Morgan fingerprint density at radius 1 is 1.30 bits per heavy atom. The smallest absolute Gasteiger partial charge is 0.321 e. The molecule has 7 nitrogen and oxygen atoms in total. The summed E-state index contributed by atoms with van der Waals surface area (Å²) in [4.78, 5) is 33.5. The molecule has 0 radical (unpaired) electrons. The van der Waals surface area contributed by atoms with Crippen molar-refractivity contribution >= 4 is 18.2 Å². The summed E-state index contributed by atoms with van der Waals surface area (Å²) in [7, 11) is 0. The third-order valence-electron chi connectivity index (χ3n) is 3.05. The molecular weight excluding hydrogens is 302 g/mol. The number of aliphatic carboxylic acids is 1. The van der Waals surface area contributed by atoms with Crippen LogP contribution in [-0.2, 0) is 25.5 Å². The molecule has 7 heteroatoms. The number of rotatable bonds is 9. The lowest BCUT2D eigenvalue weighted by Gasteiger charge is -2.19. The maximum Gasteiger partial charge on any atom is 0.321 e. The highest BCUT2D eigenvalue weighted by molar-refractivity contribution is 5.75. The van der Waals surface area contributed by atoms with Gasteiger partial charge < -0.3 is 20.3 Å². The number of aromatic hydroxyl groups is 1. The van der Waals surface area contributed by atoms with Crippen molar-refractivity contribution < 1.29 is 29.3 Å². The summed E-state index contributed by atoms with van der Waals surface area (Å²) in [5, 5.41) is 21.2. The molecule has 1 aromatic carbocycles. The van der Waals surface area contributed by atoms with E-state index in [1.54, 1.807) is 12.1 Å². The fourth-order valence-corrected chi connectivity index (χ4v) is 1.83. The van der Waals surface area contributed by atoms with Crippen LogP contribution in [0.25, 0.3) is 0 Å². The third-order valence-corrected chi connectivity index (χ3v) is 3.05. The van der Waals surface area contributed by atoms with Gasteiger partial charge in [0.15, 0.2) is 11.9 Å². The van der Waals surface area contributed by atoms with Gasteiger partial charge >= 0.3 is 11.9 Å². The highest BCUT2D eigenvalue weighted by atomic mass is 16.6. The second-order valence-electron chi connectivity index (χ2n) is 5.66. The predicted molar refractivity (Wildman–Crippen MR) is 82.1 cm³/mol. The van der Waals surface area contributed by atoms with Crippen molar-refractivity contribution in [2.75, 3.05) is 6.54 Å². The normalized spacial score (nSPS) is 12.4. The number of carboxylic acid groups (broad SMARTS) is 1. The quantitative estimate of drug-likeness (QED) is 0.457. The number of carbonyl (C=O) groups is 3. The first-order valence-electron chi connectivity index (χ1n) is 7.16. The van der Waals surface area contributed by atoms with Crippen LogP contribution in [0, 0.1) is 0 Å². The average Bonchev–Trinajstić information content (AvgIpc) is 2.47. The van der Waals surface area contributed by atoms with Crippen LogP contribution in [-0.4, -0.2) is 46.6 Å². The van der Waals surface area contributed by atoms with Gasteiger partial charge in [0.1, 0.15) is 11.8 Å². The number of phenolic OH excluding ortho intramolecular Hbond substituents is 1. The SMILES string of the molecule is CC(C)(C=O)OC(=O)CCN[C@H](Cc1ccc(O)cc1)C(=O)O. The largest absolute Gasteiger partial charge is 0.508 e. The summed E-state index contributed by atoms with van der Waals surface area (Å²) in [6.45, 7) is 3.05. The second kappa shape index (κ2) is 8.28. The number of nitrogens with one attached hydrogen (secondary N) is 1. The molecule has 0 unspecified atom stereocenters. The van der Waals surface area contributed by atoms with E-state index in [9.17, 15) is 24.6 Å².